The van der Waals surface area contributed by atoms with E-state index in [-0.39, 0.29) is 23.3 Å². The van der Waals surface area contributed by atoms with Gasteiger partial charge in [0.05, 0.1) is 18.6 Å². The van der Waals surface area contributed by atoms with Crippen molar-refractivity contribution >= 4 is 29.0 Å². The second kappa shape index (κ2) is 8.71. The van der Waals surface area contributed by atoms with Gasteiger partial charge in [0.1, 0.15) is 17.3 Å². The van der Waals surface area contributed by atoms with Crippen molar-refractivity contribution in [1.82, 2.24) is 10.1 Å². The van der Waals surface area contributed by atoms with E-state index in [9.17, 15) is 14.9 Å². The second-order valence-corrected chi connectivity index (χ2v) is 8.07. The summed E-state index contributed by atoms with van der Waals surface area (Å²) >= 11 is 1.48. The fourth-order valence-electron chi connectivity index (χ4n) is 3.86. The Morgan fingerprint density at radius 1 is 1.35 bits per heavy atom. The van der Waals surface area contributed by atoms with Crippen LogP contribution in [0.1, 0.15) is 44.0 Å². The normalized spacial score (nSPS) is 17.8. The minimum absolute atomic E-state index is 0.00718. The molecular weight excluding hydrogens is 416 g/mol. The third-order valence-corrected chi connectivity index (χ3v) is 6.25. The topological polar surface area (TPSA) is 108 Å². The highest BCUT2D eigenvalue weighted by Gasteiger charge is 2.44. The van der Waals surface area contributed by atoms with Crippen LogP contribution in [0, 0.1) is 18.3 Å². The summed E-state index contributed by atoms with van der Waals surface area (Å²) in [5.74, 6) is -1.23. The van der Waals surface area contributed by atoms with Crippen LogP contribution < -0.4 is 5.32 Å². The number of fused-ring (bicyclic) bond motifs is 1. The zero-order valence-electron chi connectivity index (χ0n) is 17.0. The molecule has 0 saturated heterocycles. The highest BCUT2D eigenvalue weighted by Crippen LogP contribution is 2.44. The molecule has 2 aromatic heterocycles. The van der Waals surface area contributed by atoms with Gasteiger partial charge in [-0.05, 0) is 30.0 Å². The zero-order valence-corrected chi connectivity index (χ0v) is 17.8. The Hall–Kier alpha value is -3.48. The van der Waals surface area contributed by atoms with E-state index in [1.807, 2.05) is 29.6 Å². The minimum atomic E-state index is -0.707. The molecule has 9 heteroatoms. The monoisotopic (exact) mass is 436 g/mol. The number of thiophene rings is 1. The average molecular weight is 436 g/mol. The third-order valence-electron chi connectivity index (χ3n) is 5.30. The first-order valence-electron chi connectivity index (χ1n) is 9.66. The molecule has 4 rings (SSSR count). The Morgan fingerprint density at radius 2 is 2.16 bits per heavy atom. The predicted molar refractivity (Wildman–Crippen MR) is 114 cm³/mol. The van der Waals surface area contributed by atoms with Gasteiger partial charge < -0.3 is 14.2 Å². The number of rotatable bonds is 6. The summed E-state index contributed by atoms with van der Waals surface area (Å²) < 4.78 is 10.4. The van der Waals surface area contributed by atoms with Gasteiger partial charge in [-0.25, -0.2) is 0 Å². The molecule has 3 aromatic rings. The quantitative estimate of drug-likeness (QED) is 0.634. The zero-order chi connectivity index (χ0) is 22.0. The molecule has 0 fully saturated rings. The molecule has 1 aliphatic rings. The number of aromatic nitrogens is 1. The van der Waals surface area contributed by atoms with E-state index in [4.69, 9.17) is 9.26 Å². The molecule has 2 atom stereocenters. The molecule has 31 heavy (non-hydrogen) atoms. The number of nitriles is 1. The molecule has 0 saturated carbocycles. The Balaban J connectivity index is 1.81. The van der Waals surface area contributed by atoms with Crippen LogP contribution in [0.25, 0.3) is 0 Å². The minimum Gasteiger partial charge on any atom is -0.383 e. The number of benzene rings is 1. The summed E-state index contributed by atoms with van der Waals surface area (Å²) in [5.41, 5.74) is 1.68. The highest BCUT2D eigenvalue weighted by atomic mass is 32.1. The van der Waals surface area contributed by atoms with Crippen LogP contribution in [-0.2, 0) is 9.53 Å². The first kappa shape index (κ1) is 20.8. The highest BCUT2D eigenvalue weighted by molar-refractivity contribution is 7.10. The number of ether oxygens (including phenoxy) is 1. The lowest BCUT2D eigenvalue weighted by atomic mass is 9.81. The van der Waals surface area contributed by atoms with E-state index >= 15 is 0 Å². The molecule has 1 aliphatic heterocycles. The molecular formula is C22H20N4O4S. The maximum absolute atomic E-state index is 13.6. The van der Waals surface area contributed by atoms with Gasteiger partial charge in [0.2, 0.25) is 11.8 Å². The van der Waals surface area contributed by atoms with Crippen molar-refractivity contribution in [2.24, 2.45) is 0 Å². The van der Waals surface area contributed by atoms with E-state index in [0.29, 0.717) is 30.0 Å². The summed E-state index contributed by atoms with van der Waals surface area (Å²) in [6, 6.07) is 12.4. The Morgan fingerprint density at radius 3 is 2.87 bits per heavy atom. The van der Waals surface area contributed by atoms with Crippen molar-refractivity contribution in [3.05, 3.63) is 69.0 Å². The molecule has 2 amide bonds. The van der Waals surface area contributed by atoms with Crippen LogP contribution in [0.4, 0.5) is 5.88 Å². The maximum Gasteiger partial charge on any atom is 0.254 e. The van der Waals surface area contributed by atoms with Crippen LogP contribution in [0.2, 0.25) is 0 Å². The molecule has 8 nitrogen and oxygen atoms in total. The number of carbonyl (C=O) groups is 2. The van der Waals surface area contributed by atoms with Crippen molar-refractivity contribution < 1.29 is 18.8 Å². The lowest BCUT2D eigenvalue weighted by Crippen LogP contribution is -2.47. The number of methoxy groups -OCH3 is 1. The van der Waals surface area contributed by atoms with Gasteiger partial charge in [-0.2, -0.15) is 5.26 Å². The van der Waals surface area contributed by atoms with Gasteiger partial charge in [0, 0.05) is 24.1 Å². The first-order chi connectivity index (χ1) is 15.1. The lowest BCUT2D eigenvalue weighted by Gasteiger charge is -2.41. The third kappa shape index (κ3) is 3.71. The van der Waals surface area contributed by atoms with E-state index in [1.165, 1.54) is 11.3 Å². The number of hydrogen-bond donors (Lipinski definition) is 1. The average Bonchev–Trinajstić information content (AvgIpc) is 3.42. The van der Waals surface area contributed by atoms with Gasteiger partial charge in [-0.3, -0.25) is 14.9 Å². The molecule has 3 heterocycles. The van der Waals surface area contributed by atoms with Crippen LogP contribution >= 0.6 is 11.3 Å². The molecule has 0 spiro atoms. The SMILES string of the molecule is COCCN1C(=O)c2ccccc2C(C(=O)Nc2onc(C)c2C#N)C1c1cccs1. The summed E-state index contributed by atoms with van der Waals surface area (Å²) in [4.78, 5) is 29.5. The Labute approximate surface area is 183 Å². The number of anilines is 1. The van der Waals surface area contributed by atoms with Crippen LogP contribution in [0.3, 0.4) is 0 Å². The maximum atomic E-state index is 13.6. The largest absolute Gasteiger partial charge is 0.383 e. The van der Waals surface area contributed by atoms with Crippen LogP contribution in [0.5, 0.6) is 0 Å². The standard InChI is InChI=1S/C22H20N4O4S/c1-13-16(12-23)21(30-25-13)24-20(27)18-14-6-3-4-7-15(14)22(28)26(9-10-29-2)19(18)17-8-5-11-31-17/h3-8,11,18-19H,9-10H2,1-2H3,(H,24,27). The summed E-state index contributed by atoms with van der Waals surface area (Å²) in [6.07, 6.45) is 0. The number of carbonyl (C=O) groups excluding carboxylic acids is 2. The van der Waals surface area contributed by atoms with Crippen molar-refractivity contribution in [3.8, 4) is 6.07 Å². The van der Waals surface area contributed by atoms with Crippen LogP contribution in [0.15, 0.2) is 46.3 Å². The number of nitrogens with one attached hydrogen (secondary N) is 1. The van der Waals surface area contributed by atoms with E-state index in [2.05, 4.69) is 10.5 Å². The van der Waals surface area contributed by atoms with Crippen molar-refractivity contribution in [1.29, 1.82) is 5.26 Å². The van der Waals surface area contributed by atoms with Gasteiger partial charge in [-0.1, -0.05) is 29.4 Å². The number of nitrogens with zero attached hydrogens (tertiary/aromatic N) is 3. The van der Waals surface area contributed by atoms with Gasteiger partial charge >= 0.3 is 0 Å². The predicted octanol–water partition coefficient (Wildman–Crippen LogP) is 3.48. The first-order valence-corrected chi connectivity index (χ1v) is 10.5. The smallest absolute Gasteiger partial charge is 0.254 e. The Bertz CT molecular complexity index is 1150. The number of hydrogen-bond acceptors (Lipinski definition) is 7. The molecule has 1 aromatic carbocycles. The molecule has 0 radical (unpaired) electrons. The summed E-state index contributed by atoms with van der Waals surface area (Å²) in [7, 11) is 1.57. The van der Waals surface area contributed by atoms with E-state index in [1.54, 1.807) is 37.1 Å². The molecule has 0 aliphatic carbocycles. The van der Waals surface area contributed by atoms with Crippen molar-refractivity contribution in [3.63, 3.8) is 0 Å². The van der Waals surface area contributed by atoms with Crippen LogP contribution in [-0.4, -0.2) is 42.1 Å². The van der Waals surface area contributed by atoms with Gasteiger partial charge in [0.25, 0.3) is 5.91 Å². The summed E-state index contributed by atoms with van der Waals surface area (Å²) in [6.45, 7) is 2.30. The molecule has 1 N–H and O–H groups in total. The van der Waals surface area contributed by atoms with E-state index in [0.717, 1.165) is 4.88 Å². The van der Waals surface area contributed by atoms with Gasteiger partial charge in [-0.15, -0.1) is 11.3 Å². The van der Waals surface area contributed by atoms with Crippen molar-refractivity contribution in [2.75, 3.05) is 25.6 Å². The molecule has 2 unspecified atom stereocenters. The number of aryl methyl sites for hydroxylation is 1. The second-order valence-electron chi connectivity index (χ2n) is 7.09. The Kier molecular flexibility index (Phi) is 5.84. The number of amides is 2. The molecule has 0 bridgehead atoms. The fourth-order valence-corrected chi connectivity index (χ4v) is 4.74. The lowest BCUT2D eigenvalue weighted by molar-refractivity contribution is -0.119. The fraction of sp³-hybridized carbons (Fsp3) is 0.273. The van der Waals surface area contributed by atoms with Gasteiger partial charge in [0.15, 0.2) is 0 Å². The summed E-state index contributed by atoms with van der Waals surface area (Å²) in [5, 5.41) is 17.8. The van der Waals surface area contributed by atoms with Crippen molar-refractivity contribution in [2.45, 2.75) is 18.9 Å². The van der Waals surface area contributed by atoms with E-state index < -0.39 is 12.0 Å². The molecule has 158 valence electrons.